The highest BCUT2D eigenvalue weighted by atomic mass is 15.1. The summed E-state index contributed by atoms with van der Waals surface area (Å²) in [6, 6.07) is 73.5. The van der Waals surface area contributed by atoms with Gasteiger partial charge in [-0.1, -0.05) is 133 Å². The summed E-state index contributed by atoms with van der Waals surface area (Å²) >= 11 is 0. The average Bonchev–Trinajstić information content (AvgIpc) is 3.52. The minimum absolute atomic E-state index is 1.11. The third kappa shape index (κ3) is 5.03. The minimum Gasteiger partial charge on any atom is -0.344 e. The van der Waals surface area contributed by atoms with Crippen LogP contribution in [0.3, 0.4) is 0 Å². The van der Waals surface area contributed by atoms with Gasteiger partial charge < -0.3 is 9.47 Å². The summed E-state index contributed by atoms with van der Waals surface area (Å²) in [6.45, 7) is 0. The second-order valence-electron chi connectivity index (χ2n) is 14.6. The van der Waals surface area contributed by atoms with Crippen molar-refractivity contribution in [3.05, 3.63) is 200 Å². The predicted molar refractivity (Wildman–Crippen MR) is 236 cm³/mol. The minimum atomic E-state index is 1.11. The van der Waals surface area contributed by atoms with Crippen molar-refractivity contribution in [2.24, 2.45) is 7.05 Å². The van der Waals surface area contributed by atoms with Crippen LogP contribution in [0.2, 0.25) is 0 Å². The summed E-state index contributed by atoms with van der Waals surface area (Å²) in [6.07, 6.45) is 0. The topological polar surface area (TPSA) is 8.17 Å². The Kier molecular flexibility index (Phi) is 7.11. The maximum Gasteiger partial charge on any atom is 0.0495 e. The molecule has 0 unspecified atom stereocenters. The van der Waals surface area contributed by atoms with Gasteiger partial charge in [-0.3, -0.25) is 0 Å². The smallest absolute Gasteiger partial charge is 0.0495 e. The lowest BCUT2D eigenvalue weighted by molar-refractivity contribution is 1.02. The lowest BCUT2D eigenvalue weighted by Crippen LogP contribution is -2.09. The Bertz CT molecular complexity index is 3230. The second-order valence-corrected chi connectivity index (χ2v) is 14.6. The molecule has 0 aliphatic heterocycles. The van der Waals surface area contributed by atoms with E-state index in [2.05, 4.69) is 217 Å². The fourth-order valence-electron chi connectivity index (χ4n) is 8.92. The summed E-state index contributed by atoms with van der Waals surface area (Å²) in [5.74, 6) is 0. The molecule has 0 radical (unpaired) electrons. The van der Waals surface area contributed by atoms with Crippen molar-refractivity contribution in [1.29, 1.82) is 0 Å². The van der Waals surface area contributed by atoms with Crippen LogP contribution in [0.5, 0.6) is 0 Å². The van der Waals surface area contributed by atoms with Crippen LogP contribution in [0.1, 0.15) is 0 Å². The molecule has 2 heteroatoms. The number of rotatable bonds is 5. The van der Waals surface area contributed by atoms with Crippen LogP contribution in [0.4, 0.5) is 17.1 Å². The number of hydrogen-bond donors (Lipinski definition) is 0. The fraction of sp³-hybridized carbons (Fsp3) is 0.0189. The molecule has 1 aromatic heterocycles. The van der Waals surface area contributed by atoms with Gasteiger partial charge >= 0.3 is 0 Å². The quantitative estimate of drug-likeness (QED) is 0.162. The van der Waals surface area contributed by atoms with E-state index in [1.54, 1.807) is 0 Å². The molecule has 55 heavy (non-hydrogen) atoms. The van der Waals surface area contributed by atoms with E-state index in [1.807, 2.05) is 0 Å². The molecule has 0 aliphatic rings. The summed E-state index contributed by atoms with van der Waals surface area (Å²) in [5, 5.41) is 12.4. The monoisotopic (exact) mass is 700 g/mol. The molecule has 258 valence electrons. The summed E-state index contributed by atoms with van der Waals surface area (Å²) < 4.78 is 2.36. The molecular weight excluding hydrogens is 665 g/mol. The van der Waals surface area contributed by atoms with Crippen LogP contribution in [0.25, 0.3) is 87.1 Å². The predicted octanol–water partition coefficient (Wildman–Crippen LogP) is 14.7. The number of aromatic nitrogens is 1. The molecule has 0 N–H and O–H groups in total. The SMILES string of the molecule is Cn1c2ccccc2c2cc3c(-c4ccc5ccccc5c4)c4cc(N(c5ccccc5)c5ccccc5)ccc4c(-c4ccc5ccccc5c4)c3cc21. The number of benzene rings is 10. The molecule has 0 atom stereocenters. The maximum absolute atomic E-state index is 2.47. The van der Waals surface area contributed by atoms with E-state index >= 15 is 0 Å². The van der Waals surface area contributed by atoms with E-state index in [0.717, 1.165) is 17.1 Å². The highest BCUT2D eigenvalue weighted by Gasteiger charge is 2.22. The lowest BCUT2D eigenvalue weighted by atomic mass is 9.84. The van der Waals surface area contributed by atoms with E-state index < -0.39 is 0 Å². The molecule has 0 amide bonds. The maximum atomic E-state index is 2.47. The van der Waals surface area contributed by atoms with Crippen molar-refractivity contribution in [2.75, 3.05) is 4.90 Å². The molecule has 2 nitrogen and oxygen atoms in total. The Labute approximate surface area is 319 Å². The molecule has 0 saturated carbocycles. The first-order valence-electron chi connectivity index (χ1n) is 19.0. The molecule has 0 bridgehead atoms. The van der Waals surface area contributed by atoms with Gasteiger partial charge in [0.2, 0.25) is 0 Å². The summed E-state index contributed by atoms with van der Waals surface area (Å²) in [4.78, 5) is 2.37. The van der Waals surface area contributed by atoms with Crippen molar-refractivity contribution in [3.63, 3.8) is 0 Å². The Balaban J connectivity index is 1.33. The van der Waals surface area contributed by atoms with Crippen LogP contribution in [0, 0.1) is 0 Å². The molecule has 1 heterocycles. The zero-order valence-electron chi connectivity index (χ0n) is 30.4. The second kappa shape index (κ2) is 12.5. The summed E-state index contributed by atoms with van der Waals surface area (Å²) in [5.41, 5.74) is 10.7. The largest absolute Gasteiger partial charge is 0.344 e. The van der Waals surface area contributed by atoms with Crippen LogP contribution in [0.15, 0.2) is 200 Å². The number of aryl methyl sites for hydroxylation is 1. The Hall–Kier alpha value is -7.16. The van der Waals surface area contributed by atoms with Gasteiger partial charge in [0, 0.05) is 45.9 Å². The van der Waals surface area contributed by atoms with E-state index in [9.17, 15) is 0 Å². The highest BCUT2D eigenvalue weighted by Crippen LogP contribution is 2.48. The molecule has 10 aromatic carbocycles. The van der Waals surface area contributed by atoms with Gasteiger partial charge in [-0.2, -0.15) is 0 Å². The van der Waals surface area contributed by atoms with E-state index in [1.165, 1.54) is 87.1 Å². The molecule has 11 aromatic rings. The third-order valence-corrected chi connectivity index (χ3v) is 11.5. The van der Waals surface area contributed by atoms with Gasteiger partial charge in [-0.15, -0.1) is 0 Å². The van der Waals surface area contributed by atoms with Crippen LogP contribution < -0.4 is 4.90 Å². The molecule has 11 rings (SSSR count). The average molecular weight is 701 g/mol. The first-order chi connectivity index (χ1) is 27.2. The van der Waals surface area contributed by atoms with Crippen molar-refractivity contribution in [1.82, 2.24) is 4.57 Å². The van der Waals surface area contributed by atoms with E-state index in [0.29, 0.717) is 0 Å². The van der Waals surface area contributed by atoms with Crippen molar-refractivity contribution < 1.29 is 0 Å². The Morgan fingerprint density at radius 3 is 1.45 bits per heavy atom. The standard InChI is InChI=1S/C53H36N2/c1-54-50-23-13-12-22-44(50)46-33-48-49(34-51(46)54)52(39-26-24-35-14-8-10-16-37(35)30-39)45-29-28-43(55(41-18-4-2-5-19-41)42-20-6-3-7-21-42)32-47(45)53(48)40-27-25-36-15-9-11-17-38(36)31-40/h2-34H,1H3. The van der Waals surface area contributed by atoms with Crippen LogP contribution in [-0.2, 0) is 7.05 Å². The van der Waals surface area contributed by atoms with Gasteiger partial charge in [0.05, 0.1) is 0 Å². The van der Waals surface area contributed by atoms with Crippen molar-refractivity contribution >= 4 is 82.0 Å². The summed E-state index contributed by atoms with van der Waals surface area (Å²) in [7, 11) is 2.20. The number of anilines is 3. The van der Waals surface area contributed by atoms with E-state index in [4.69, 9.17) is 0 Å². The van der Waals surface area contributed by atoms with Gasteiger partial charge in [-0.05, 0) is 132 Å². The number of hydrogen-bond acceptors (Lipinski definition) is 1. The number of para-hydroxylation sites is 3. The zero-order chi connectivity index (χ0) is 36.5. The molecular formula is C53H36N2. The van der Waals surface area contributed by atoms with Gasteiger partial charge in [-0.25, -0.2) is 0 Å². The number of nitrogens with zero attached hydrogens (tertiary/aromatic N) is 2. The van der Waals surface area contributed by atoms with Gasteiger partial charge in [0.15, 0.2) is 0 Å². The van der Waals surface area contributed by atoms with Crippen molar-refractivity contribution in [3.8, 4) is 22.3 Å². The molecule has 0 spiro atoms. The number of fused-ring (bicyclic) bond motifs is 7. The normalized spacial score (nSPS) is 11.7. The molecule has 0 aliphatic carbocycles. The Morgan fingerprint density at radius 1 is 0.309 bits per heavy atom. The van der Waals surface area contributed by atoms with Crippen molar-refractivity contribution in [2.45, 2.75) is 0 Å². The van der Waals surface area contributed by atoms with Gasteiger partial charge in [0.25, 0.3) is 0 Å². The Morgan fingerprint density at radius 2 is 0.818 bits per heavy atom. The lowest BCUT2D eigenvalue weighted by Gasteiger charge is -2.27. The van der Waals surface area contributed by atoms with E-state index in [-0.39, 0.29) is 0 Å². The third-order valence-electron chi connectivity index (χ3n) is 11.5. The first-order valence-corrected chi connectivity index (χ1v) is 19.0. The van der Waals surface area contributed by atoms with Crippen LogP contribution >= 0.6 is 0 Å². The van der Waals surface area contributed by atoms with Crippen LogP contribution in [-0.4, -0.2) is 4.57 Å². The fourth-order valence-corrected chi connectivity index (χ4v) is 8.92. The zero-order valence-corrected chi connectivity index (χ0v) is 30.4. The highest BCUT2D eigenvalue weighted by molar-refractivity contribution is 6.26. The first kappa shape index (κ1) is 31.4. The van der Waals surface area contributed by atoms with Gasteiger partial charge in [0.1, 0.15) is 0 Å². The molecule has 0 saturated heterocycles. The molecule has 0 fully saturated rings.